The molecule has 0 spiro atoms. The van der Waals surface area contributed by atoms with Crippen LogP contribution in [-0.2, 0) is 4.79 Å². The summed E-state index contributed by atoms with van der Waals surface area (Å²) in [6.45, 7) is 4.01. The lowest BCUT2D eigenvalue weighted by atomic mass is 9.91. The standard InChI is InChI=1S/C15H27N3O/c16-14-6-1-3-12(14)11-15(19)18-9-7-17(8-10-18)13-4-2-5-13/h12-14H,1-11,16H2/t12-,14+/m0/s1. The van der Waals surface area contributed by atoms with Crippen molar-refractivity contribution in [1.82, 2.24) is 9.80 Å². The summed E-state index contributed by atoms with van der Waals surface area (Å²) >= 11 is 0. The van der Waals surface area contributed by atoms with E-state index in [0.29, 0.717) is 18.2 Å². The number of nitrogens with two attached hydrogens (primary N) is 1. The summed E-state index contributed by atoms with van der Waals surface area (Å²) in [7, 11) is 0. The van der Waals surface area contributed by atoms with Crippen molar-refractivity contribution in [3.05, 3.63) is 0 Å². The fourth-order valence-electron chi connectivity index (χ4n) is 3.76. The molecule has 1 saturated heterocycles. The van der Waals surface area contributed by atoms with E-state index in [4.69, 9.17) is 5.73 Å². The summed E-state index contributed by atoms with van der Waals surface area (Å²) in [5, 5.41) is 0. The average Bonchev–Trinajstić information content (AvgIpc) is 2.74. The van der Waals surface area contributed by atoms with Gasteiger partial charge in [-0.15, -0.1) is 0 Å². The van der Waals surface area contributed by atoms with Crippen LogP contribution in [0.25, 0.3) is 0 Å². The van der Waals surface area contributed by atoms with E-state index < -0.39 is 0 Å². The number of carbonyl (C=O) groups excluding carboxylic acids is 1. The molecule has 2 atom stereocenters. The van der Waals surface area contributed by atoms with Gasteiger partial charge in [0.15, 0.2) is 0 Å². The summed E-state index contributed by atoms with van der Waals surface area (Å²) < 4.78 is 0. The maximum Gasteiger partial charge on any atom is 0.222 e. The molecule has 2 aliphatic carbocycles. The van der Waals surface area contributed by atoms with Crippen LogP contribution < -0.4 is 5.73 Å². The molecule has 0 unspecified atom stereocenters. The molecule has 3 aliphatic rings. The SMILES string of the molecule is N[C@@H]1CCC[C@H]1CC(=O)N1CCN(C2CCC2)CC1. The Hall–Kier alpha value is -0.610. The molecule has 0 aromatic rings. The summed E-state index contributed by atoms with van der Waals surface area (Å²) in [4.78, 5) is 17.0. The lowest BCUT2D eigenvalue weighted by Crippen LogP contribution is -2.53. The minimum Gasteiger partial charge on any atom is -0.340 e. The predicted octanol–water partition coefficient (Wildman–Crippen LogP) is 1.20. The maximum absolute atomic E-state index is 12.3. The van der Waals surface area contributed by atoms with Crippen molar-refractivity contribution < 1.29 is 4.79 Å². The Morgan fingerprint density at radius 1 is 1.00 bits per heavy atom. The van der Waals surface area contributed by atoms with Crippen LogP contribution in [0.1, 0.15) is 44.9 Å². The summed E-state index contributed by atoms with van der Waals surface area (Å²) in [5.74, 6) is 0.785. The zero-order chi connectivity index (χ0) is 13.2. The Labute approximate surface area is 116 Å². The zero-order valence-electron chi connectivity index (χ0n) is 11.9. The topological polar surface area (TPSA) is 49.6 Å². The van der Waals surface area contributed by atoms with Gasteiger partial charge in [-0.25, -0.2) is 0 Å². The van der Waals surface area contributed by atoms with Gasteiger partial charge in [0.1, 0.15) is 0 Å². The first-order chi connectivity index (χ1) is 9.24. The zero-order valence-corrected chi connectivity index (χ0v) is 11.9. The molecule has 1 aliphatic heterocycles. The third-order valence-corrected chi connectivity index (χ3v) is 5.41. The second-order valence-corrected chi connectivity index (χ2v) is 6.56. The number of hydrogen-bond acceptors (Lipinski definition) is 3. The van der Waals surface area contributed by atoms with Gasteiger partial charge < -0.3 is 10.6 Å². The highest BCUT2D eigenvalue weighted by molar-refractivity contribution is 5.76. The average molecular weight is 265 g/mol. The van der Waals surface area contributed by atoms with Gasteiger partial charge in [-0.05, 0) is 31.6 Å². The van der Waals surface area contributed by atoms with Crippen LogP contribution in [-0.4, -0.2) is 54.0 Å². The quantitative estimate of drug-likeness (QED) is 0.834. The molecule has 2 N–H and O–H groups in total. The fraction of sp³-hybridized carbons (Fsp3) is 0.933. The largest absolute Gasteiger partial charge is 0.340 e. The van der Waals surface area contributed by atoms with Crippen LogP contribution in [0.2, 0.25) is 0 Å². The van der Waals surface area contributed by atoms with Crippen molar-refractivity contribution >= 4 is 5.91 Å². The first kappa shape index (κ1) is 13.4. The smallest absolute Gasteiger partial charge is 0.222 e. The normalized spacial score (nSPS) is 33.4. The van der Waals surface area contributed by atoms with Gasteiger partial charge in [-0.3, -0.25) is 9.69 Å². The summed E-state index contributed by atoms with van der Waals surface area (Å²) in [6.07, 6.45) is 8.26. The predicted molar refractivity (Wildman–Crippen MR) is 75.7 cm³/mol. The molecule has 1 heterocycles. The van der Waals surface area contributed by atoms with Gasteiger partial charge in [0.2, 0.25) is 5.91 Å². The van der Waals surface area contributed by atoms with Crippen LogP contribution in [0, 0.1) is 5.92 Å². The molecule has 3 fully saturated rings. The highest BCUT2D eigenvalue weighted by atomic mass is 16.2. The molecule has 1 amide bonds. The highest BCUT2D eigenvalue weighted by Gasteiger charge is 2.31. The van der Waals surface area contributed by atoms with Gasteiger partial charge in [0.05, 0.1) is 0 Å². The van der Waals surface area contributed by atoms with Crippen molar-refractivity contribution in [2.75, 3.05) is 26.2 Å². The summed E-state index contributed by atoms with van der Waals surface area (Å²) in [6, 6.07) is 1.08. The number of nitrogens with zero attached hydrogens (tertiary/aromatic N) is 2. The van der Waals surface area contributed by atoms with E-state index in [1.54, 1.807) is 0 Å². The van der Waals surface area contributed by atoms with Gasteiger partial charge >= 0.3 is 0 Å². The molecule has 3 rings (SSSR count). The molecule has 4 nitrogen and oxygen atoms in total. The second kappa shape index (κ2) is 5.80. The molecule has 19 heavy (non-hydrogen) atoms. The van der Waals surface area contributed by atoms with Crippen molar-refractivity contribution in [2.24, 2.45) is 11.7 Å². The van der Waals surface area contributed by atoms with E-state index in [0.717, 1.165) is 45.1 Å². The van der Waals surface area contributed by atoms with Crippen molar-refractivity contribution in [2.45, 2.75) is 57.0 Å². The highest BCUT2D eigenvalue weighted by Crippen LogP contribution is 2.28. The van der Waals surface area contributed by atoms with Gasteiger partial charge in [0.25, 0.3) is 0 Å². The van der Waals surface area contributed by atoms with E-state index in [1.165, 1.54) is 25.7 Å². The van der Waals surface area contributed by atoms with Crippen LogP contribution >= 0.6 is 0 Å². The van der Waals surface area contributed by atoms with Crippen LogP contribution in [0.5, 0.6) is 0 Å². The van der Waals surface area contributed by atoms with E-state index in [2.05, 4.69) is 9.80 Å². The van der Waals surface area contributed by atoms with E-state index in [9.17, 15) is 4.79 Å². The second-order valence-electron chi connectivity index (χ2n) is 6.56. The molecular weight excluding hydrogens is 238 g/mol. The van der Waals surface area contributed by atoms with Crippen LogP contribution in [0.4, 0.5) is 0 Å². The molecule has 0 aromatic heterocycles. The van der Waals surface area contributed by atoms with Gasteiger partial charge in [0, 0.05) is 44.7 Å². The van der Waals surface area contributed by atoms with Crippen LogP contribution in [0.15, 0.2) is 0 Å². The minimum atomic E-state index is 0.264. The Morgan fingerprint density at radius 3 is 2.21 bits per heavy atom. The van der Waals surface area contributed by atoms with Crippen molar-refractivity contribution in [3.8, 4) is 0 Å². The van der Waals surface area contributed by atoms with E-state index >= 15 is 0 Å². The Bertz CT molecular complexity index is 321. The number of carbonyl (C=O) groups is 1. The summed E-state index contributed by atoms with van der Waals surface area (Å²) in [5.41, 5.74) is 6.07. The molecule has 0 bridgehead atoms. The van der Waals surface area contributed by atoms with Crippen LogP contribution in [0.3, 0.4) is 0 Å². The van der Waals surface area contributed by atoms with E-state index in [-0.39, 0.29) is 6.04 Å². The number of rotatable bonds is 3. The number of hydrogen-bond donors (Lipinski definition) is 1. The molecule has 0 aromatic carbocycles. The first-order valence-electron chi connectivity index (χ1n) is 8.01. The molecule has 4 heteroatoms. The monoisotopic (exact) mass is 265 g/mol. The maximum atomic E-state index is 12.3. The first-order valence-corrected chi connectivity index (χ1v) is 8.01. The fourth-order valence-corrected chi connectivity index (χ4v) is 3.76. The molecular formula is C15H27N3O. The van der Waals surface area contributed by atoms with Crippen molar-refractivity contribution in [3.63, 3.8) is 0 Å². The van der Waals surface area contributed by atoms with Gasteiger partial charge in [-0.2, -0.15) is 0 Å². The molecule has 108 valence electrons. The lowest BCUT2D eigenvalue weighted by molar-refractivity contribution is -0.134. The van der Waals surface area contributed by atoms with E-state index in [1.807, 2.05) is 0 Å². The third kappa shape index (κ3) is 2.95. The molecule has 2 saturated carbocycles. The Kier molecular flexibility index (Phi) is 4.08. The van der Waals surface area contributed by atoms with Gasteiger partial charge in [-0.1, -0.05) is 12.8 Å². The van der Waals surface area contributed by atoms with Crippen molar-refractivity contribution in [1.29, 1.82) is 0 Å². The Morgan fingerprint density at radius 2 is 1.68 bits per heavy atom. The lowest BCUT2D eigenvalue weighted by Gasteiger charge is -2.43. The molecule has 0 radical (unpaired) electrons. The third-order valence-electron chi connectivity index (χ3n) is 5.41. The Balaban J connectivity index is 1.43. The number of piperazine rings is 1. The minimum absolute atomic E-state index is 0.264. The number of amides is 1.